The molecule has 0 bridgehead atoms. The molecular formula is C14H18N2O5. The summed E-state index contributed by atoms with van der Waals surface area (Å²) in [6.45, 7) is 2.87. The molecule has 1 fully saturated rings. The lowest BCUT2D eigenvalue weighted by Crippen LogP contribution is -2.33. The molecule has 1 heterocycles. The van der Waals surface area contributed by atoms with Crippen LogP contribution in [0.4, 0.5) is 5.69 Å². The smallest absolute Gasteiger partial charge is 0.339 e. The van der Waals surface area contributed by atoms with Crippen molar-refractivity contribution in [2.75, 3.05) is 26.2 Å². The van der Waals surface area contributed by atoms with Crippen molar-refractivity contribution in [2.24, 2.45) is 0 Å². The van der Waals surface area contributed by atoms with E-state index >= 15 is 0 Å². The number of piperidine rings is 1. The van der Waals surface area contributed by atoms with Gasteiger partial charge in [-0.15, -0.1) is 0 Å². The van der Waals surface area contributed by atoms with E-state index in [9.17, 15) is 14.9 Å². The molecule has 1 saturated heterocycles. The van der Waals surface area contributed by atoms with Gasteiger partial charge in [0.1, 0.15) is 12.2 Å². The number of carbonyl (C=O) groups is 1. The Morgan fingerprint density at radius 1 is 1.33 bits per heavy atom. The summed E-state index contributed by atoms with van der Waals surface area (Å²) in [6, 6.07) is 3.91. The van der Waals surface area contributed by atoms with Crippen molar-refractivity contribution < 1.29 is 19.6 Å². The number of hydrogen-bond donors (Lipinski definition) is 1. The molecular weight excluding hydrogens is 276 g/mol. The Bertz CT molecular complexity index is 494. The molecule has 0 spiro atoms. The third-order valence-corrected chi connectivity index (χ3v) is 3.52. The van der Waals surface area contributed by atoms with E-state index in [1.54, 1.807) is 0 Å². The molecule has 1 aliphatic rings. The van der Waals surface area contributed by atoms with Gasteiger partial charge in [-0.1, -0.05) is 12.5 Å². The van der Waals surface area contributed by atoms with E-state index in [0.717, 1.165) is 25.9 Å². The highest BCUT2D eigenvalue weighted by atomic mass is 16.6. The lowest BCUT2D eigenvalue weighted by atomic mass is 10.1. The highest BCUT2D eigenvalue weighted by Crippen LogP contribution is 2.30. The molecule has 0 unspecified atom stereocenters. The Hall–Kier alpha value is -2.15. The largest absolute Gasteiger partial charge is 0.485 e. The van der Waals surface area contributed by atoms with Gasteiger partial charge >= 0.3 is 11.7 Å². The number of nitro groups is 1. The van der Waals surface area contributed by atoms with Crippen molar-refractivity contribution in [1.29, 1.82) is 0 Å². The van der Waals surface area contributed by atoms with Crippen molar-refractivity contribution in [2.45, 2.75) is 19.3 Å². The minimum atomic E-state index is -1.23. The average molecular weight is 294 g/mol. The molecule has 0 radical (unpaired) electrons. The van der Waals surface area contributed by atoms with E-state index in [0.29, 0.717) is 6.54 Å². The van der Waals surface area contributed by atoms with Crippen LogP contribution < -0.4 is 4.74 Å². The predicted octanol–water partition coefficient (Wildman–Crippen LogP) is 2.16. The third-order valence-electron chi connectivity index (χ3n) is 3.52. The first-order chi connectivity index (χ1) is 10.1. The molecule has 1 aromatic rings. The molecule has 0 amide bonds. The van der Waals surface area contributed by atoms with Crippen LogP contribution in [0, 0.1) is 10.1 Å². The Labute approximate surface area is 122 Å². The number of aromatic carboxylic acids is 1. The zero-order valence-corrected chi connectivity index (χ0v) is 11.7. The molecule has 7 nitrogen and oxygen atoms in total. The van der Waals surface area contributed by atoms with Gasteiger partial charge in [-0.2, -0.15) is 0 Å². The maximum atomic E-state index is 11.1. The molecule has 0 saturated carbocycles. The summed E-state index contributed by atoms with van der Waals surface area (Å²) in [6.07, 6.45) is 3.52. The maximum Gasteiger partial charge on any atom is 0.339 e. The van der Waals surface area contributed by atoms with Crippen molar-refractivity contribution in [3.8, 4) is 5.75 Å². The summed E-state index contributed by atoms with van der Waals surface area (Å²) in [7, 11) is 0. The first-order valence-corrected chi connectivity index (χ1v) is 6.95. The molecule has 21 heavy (non-hydrogen) atoms. The van der Waals surface area contributed by atoms with E-state index < -0.39 is 10.9 Å². The minimum Gasteiger partial charge on any atom is -0.485 e. The van der Waals surface area contributed by atoms with E-state index in [-0.39, 0.29) is 23.6 Å². The van der Waals surface area contributed by atoms with Crippen LogP contribution in [0.15, 0.2) is 18.2 Å². The van der Waals surface area contributed by atoms with Gasteiger partial charge in [-0.3, -0.25) is 15.0 Å². The predicted molar refractivity (Wildman–Crippen MR) is 75.8 cm³/mol. The Morgan fingerprint density at radius 2 is 2.05 bits per heavy atom. The number of rotatable bonds is 6. The molecule has 0 aliphatic carbocycles. The second-order valence-electron chi connectivity index (χ2n) is 4.97. The fourth-order valence-electron chi connectivity index (χ4n) is 2.45. The molecule has 1 N–H and O–H groups in total. The standard InChI is InChI=1S/C14H18N2O5/c17-14(18)11-5-4-6-12(16(19)20)13(11)21-10-9-15-7-2-1-3-8-15/h4-6H,1-3,7-10H2,(H,17,18). The summed E-state index contributed by atoms with van der Waals surface area (Å²) in [5, 5.41) is 20.1. The second-order valence-corrected chi connectivity index (χ2v) is 4.97. The number of ether oxygens (including phenoxy) is 1. The zero-order valence-electron chi connectivity index (χ0n) is 11.7. The van der Waals surface area contributed by atoms with Gasteiger partial charge < -0.3 is 9.84 Å². The van der Waals surface area contributed by atoms with Crippen LogP contribution in [-0.4, -0.2) is 47.1 Å². The van der Waals surface area contributed by atoms with Crippen molar-refractivity contribution in [3.63, 3.8) is 0 Å². The zero-order chi connectivity index (χ0) is 15.2. The summed E-state index contributed by atoms with van der Waals surface area (Å²) in [5.41, 5.74) is -0.489. The average Bonchev–Trinajstić information content (AvgIpc) is 2.48. The van der Waals surface area contributed by atoms with Crippen LogP contribution in [0.2, 0.25) is 0 Å². The lowest BCUT2D eigenvalue weighted by Gasteiger charge is -2.26. The van der Waals surface area contributed by atoms with Gasteiger partial charge in [0.2, 0.25) is 5.75 Å². The summed E-state index contributed by atoms with van der Waals surface area (Å²) in [5.74, 6) is -1.39. The Balaban J connectivity index is 2.06. The minimum absolute atomic E-state index is 0.160. The van der Waals surface area contributed by atoms with Gasteiger partial charge in [-0.05, 0) is 32.0 Å². The first-order valence-electron chi connectivity index (χ1n) is 6.95. The maximum absolute atomic E-state index is 11.1. The topological polar surface area (TPSA) is 92.9 Å². The first kappa shape index (κ1) is 15.2. The van der Waals surface area contributed by atoms with Gasteiger partial charge in [0.05, 0.1) is 4.92 Å². The molecule has 2 rings (SSSR count). The van der Waals surface area contributed by atoms with Gasteiger partial charge in [0.15, 0.2) is 0 Å². The SMILES string of the molecule is O=C(O)c1cccc([N+](=O)[O-])c1OCCN1CCCCC1. The highest BCUT2D eigenvalue weighted by Gasteiger charge is 2.23. The number of para-hydroxylation sites is 1. The second kappa shape index (κ2) is 7.03. The fourth-order valence-corrected chi connectivity index (χ4v) is 2.45. The molecule has 114 valence electrons. The van der Waals surface area contributed by atoms with E-state index in [1.807, 2.05) is 0 Å². The number of carboxylic acids is 1. The summed E-state index contributed by atoms with van der Waals surface area (Å²) < 4.78 is 5.43. The van der Waals surface area contributed by atoms with E-state index in [1.165, 1.54) is 24.6 Å². The molecule has 7 heteroatoms. The van der Waals surface area contributed by atoms with Crippen molar-refractivity contribution >= 4 is 11.7 Å². The van der Waals surface area contributed by atoms with Crippen LogP contribution in [0.5, 0.6) is 5.75 Å². The van der Waals surface area contributed by atoms with Crippen LogP contribution >= 0.6 is 0 Å². The number of likely N-dealkylation sites (tertiary alicyclic amines) is 1. The van der Waals surface area contributed by atoms with E-state index in [2.05, 4.69) is 4.90 Å². The van der Waals surface area contributed by atoms with E-state index in [4.69, 9.17) is 9.84 Å². The normalized spacial score (nSPS) is 15.6. The number of nitrogens with zero attached hydrogens (tertiary/aromatic N) is 2. The number of carboxylic acid groups (broad SMARTS) is 1. The van der Waals surface area contributed by atoms with Crippen LogP contribution in [-0.2, 0) is 0 Å². The Kier molecular flexibility index (Phi) is 5.10. The van der Waals surface area contributed by atoms with Crippen LogP contribution in [0.1, 0.15) is 29.6 Å². The van der Waals surface area contributed by atoms with Crippen LogP contribution in [0.3, 0.4) is 0 Å². The van der Waals surface area contributed by atoms with Gasteiger partial charge in [-0.25, -0.2) is 4.79 Å². The lowest BCUT2D eigenvalue weighted by molar-refractivity contribution is -0.385. The monoisotopic (exact) mass is 294 g/mol. The van der Waals surface area contributed by atoms with Gasteiger partial charge in [0, 0.05) is 12.6 Å². The molecule has 0 aromatic heterocycles. The van der Waals surface area contributed by atoms with Crippen molar-refractivity contribution in [1.82, 2.24) is 4.90 Å². The summed E-state index contributed by atoms with van der Waals surface area (Å²) >= 11 is 0. The van der Waals surface area contributed by atoms with Crippen LogP contribution in [0.25, 0.3) is 0 Å². The molecule has 0 atom stereocenters. The van der Waals surface area contributed by atoms with Gasteiger partial charge in [0.25, 0.3) is 0 Å². The fraction of sp³-hybridized carbons (Fsp3) is 0.500. The molecule has 1 aromatic carbocycles. The number of benzene rings is 1. The third kappa shape index (κ3) is 3.91. The Morgan fingerprint density at radius 3 is 2.67 bits per heavy atom. The number of nitro benzene ring substituents is 1. The quantitative estimate of drug-likeness (QED) is 0.638. The molecule has 1 aliphatic heterocycles. The number of hydrogen-bond acceptors (Lipinski definition) is 5. The highest BCUT2D eigenvalue weighted by molar-refractivity contribution is 5.92. The van der Waals surface area contributed by atoms with Crippen molar-refractivity contribution in [3.05, 3.63) is 33.9 Å². The summed E-state index contributed by atoms with van der Waals surface area (Å²) in [4.78, 5) is 23.7.